The van der Waals surface area contributed by atoms with Crippen LogP contribution < -0.4 is 11.1 Å². The van der Waals surface area contributed by atoms with E-state index in [9.17, 15) is 24.3 Å². The summed E-state index contributed by atoms with van der Waals surface area (Å²) in [6.07, 6.45) is -0.372. The first-order valence-electron chi connectivity index (χ1n) is 9.27. The molecule has 0 saturated carbocycles. The summed E-state index contributed by atoms with van der Waals surface area (Å²) in [6.45, 7) is 3.29. The van der Waals surface area contributed by atoms with E-state index in [1.54, 1.807) is 25.1 Å². The Bertz CT molecular complexity index is 823. The van der Waals surface area contributed by atoms with Crippen molar-refractivity contribution in [3.05, 3.63) is 34.9 Å². The maximum Gasteiger partial charge on any atom is 0.262 e. The SMILES string of the molecule is CC(O)CN(CCN)Cc1cccc2c1C(=O)N(C1CCC(=O)NC1=O)C2=O. The van der Waals surface area contributed by atoms with E-state index in [-0.39, 0.29) is 24.0 Å². The average molecular weight is 388 g/mol. The first-order valence-corrected chi connectivity index (χ1v) is 9.27. The van der Waals surface area contributed by atoms with Crippen molar-refractivity contribution in [2.45, 2.75) is 38.5 Å². The van der Waals surface area contributed by atoms with Crippen LogP contribution in [0.3, 0.4) is 0 Å². The summed E-state index contributed by atoms with van der Waals surface area (Å²) in [5, 5.41) is 11.9. The Kier molecular flexibility index (Phi) is 5.87. The normalized spacial score (nSPS) is 20.6. The number of benzene rings is 1. The molecule has 1 saturated heterocycles. The van der Waals surface area contributed by atoms with Crippen molar-refractivity contribution in [3.8, 4) is 0 Å². The first kappa shape index (κ1) is 20.1. The monoisotopic (exact) mass is 388 g/mol. The molecule has 1 aromatic rings. The molecule has 4 N–H and O–H groups in total. The summed E-state index contributed by atoms with van der Waals surface area (Å²) >= 11 is 0. The number of nitrogens with zero attached hydrogens (tertiary/aromatic N) is 2. The van der Waals surface area contributed by atoms with Crippen LogP contribution in [0, 0.1) is 0 Å². The zero-order valence-corrected chi connectivity index (χ0v) is 15.7. The Balaban J connectivity index is 1.89. The maximum absolute atomic E-state index is 13.1. The molecule has 2 atom stereocenters. The van der Waals surface area contributed by atoms with Gasteiger partial charge in [0.2, 0.25) is 11.8 Å². The molecule has 1 fully saturated rings. The van der Waals surface area contributed by atoms with Gasteiger partial charge in [-0.05, 0) is 25.0 Å². The van der Waals surface area contributed by atoms with Crippen molar-refractivity contribution >= 4 is 23.6 Å². The number of aliphatic hydroxyl groups excluding tert-OH is 1. The molecule has 2 aliphatic heterocycles. The summed E-state index contributed by atoms with van der Waals surface area (Å²) in [5.74, 6) is -2.10. The molecule has 2 aliphatic rings. The smallest absolute Gasteiger partial charge is 0.262 e. The lowest BCUT2D eigenvalue weighted by atomic mass is 10.0. The lowest BCUT2D eigenvalue weighted by Crippen LogP contribution is -2.54. The fraction of sp³-hybridized carbons (Fsp3) is 0.474. The second-order valence-corrected chi connectivity index (χ2v) is 7.16. The second kappa shape index (κ2) is 8.17. The summed E-state index contributed by atoms with van der Waals surface area (Å²) in [6, 6.07) is 4.02. The van der Waals surface area contributed by atoms with Crippen molar-refractivity contribution in [3.63, 3.8) is 0 Å². The topological polar surface area (TPSA) is 133 Å². The van der Waals surface area contributed by atoms with Crippen molar-refractivity contribution in [2.75, 3.05) is 19.6 Å². The van der Waals surface area contributed by atoms with Crippen molar-refractivity contribution in [1.29, 1.82) is 0 Å². The lowest BCUT2D eigenvalue weighted by Gasteiger charge is -2.28. The number of carbonyl (C=O) groups excluding carboxylic acids is 4. The lowest BCUT2D eigenvalue weighted by molar-refractivity contribution is -0.136. The molecule has 1 aromatic carbocycles. The van der Waals surface area contributed by atoms with E-state index >= 15 is 0 Å². The van der Waals surface area contributed by atoms with Gasteiger partial charge in [0.25, 0.3) is 11.8 Å². The molecule has 0 aromatic heterocycles. The summed E-state index contributed by atoms with van der Waals surface area (Å²) in [7, 11) is 0. The van der Waals surface area contributed by atoms with E-state index in [0.717, 1.165) is 4.90 Å². The number of imide groups is 2. The number of hydrogen-bond donors (Lipinski definition) is 3. The number of rotatable bonds is 7. The molecule has 4 amide bonds. The molecule has 150 valence electrons. The number of amides is 4. The van der Waals surface area contributed by atoms with Crippen molar-refractivity contribution < 1.29 is 24.3 Å². The predicted molar refractivity (Wildman–Crippen MR) is 99.1 cm³/mol. The molecule has 0 spiro atoms. The Morgan fingerprint density at radius 3 is 2.68 bits per heavy atom. The Morgan fingerprint density at radius 1 is 1.29 bits per heavy atom. The predicted octanol–water partition coefficient (Wildman–Crippen LogP) is -0.771. The van der Waals surface area contributed by atoms with Gasteiger partial charge in [0.1, 0.15) is 6.04 Å². The van der Waals surface area contributed by atoms with Gasteiger partial charge in [-0.15, -0.1) is 0 Å². The highest BCUT2D eigenvalue weighted by molar-refractivity contribution is 6.24. The fourth-order valence-electron chi connectivity index (χ4n) is 3.75. The van der Waals surface area contributed by atoms with Crippen LogP contribution in [0.15, 0.2) is 18.2 Å². The number of fused-ring (bicyclic) bond motifs is 1. The number of aliphatic hydroxyl groups is 1. The fourth-order valence-corrected chi connectivity index (χ4v) is 3.75. The van der Waals surface area contributed by atoms with Gasteiger partial charge in [-0.25, -0.2) is 0 Å². The van der Waals surface area contributed by atoms with Gasteiger partial charge in [0, 0.05) is 32.6 Å². The van der Waals surface area contributed by atoms with E-state index in [4.69, 9.17) is 5.73 Å². The van der Waals surface area contributed by atoms with Crippen LogP contribution in [0.4, 0.5) is 0 Å². The zero-order chi connectivity index (χ0) is 20.4. The highest BCUT2D eigenvalue weighted by atomic mass is 16.3. The third-order valence-corrected chi connectivity index (χ3v) is 4.92. The van der Waals surface area contributed by atoms with Gasteiger partial charge < -0.3 is 10.8 Å². The van der Waals surface area contributed by atoms with Gasteiger partial charge in [-0.1, -0.05) is 12.1 Å². The molecule has 28 heavy (non-hydrogen) atoms. The second-order valence-electron chi connectivity index (χ2n) is 7.16. The van der Waals surface area contributed by atoms with Gasteiger partial charge in [0.15, 0.2) is 0 Å². The molecular formula is C19H24N4O5. The molecule has 0 bridgehead atoms. The van der Waals surface area contributed by atoms with Crippen LogP contribution in [0.2, 0.25) is 0 Å². The Labute approximate surface area is 162 Å². The van der Waals surface area contributed by atoms with Crippen molar-refractivity contribution in [1.82, 2.24) is 15.1 Å². The number of carbonyl (C=O) groups is 4. The molecule has 0 aliphatic carbocycles. The third-order valence-electron chi connectivity index (χ3n) is 4.92. The first-order chi connectivity index (χ1) is 13.3. The van der Waals surface area contributed by atoms with Crippen LogP contribution in [0.5, 0.6) is 0 Å². The van der Waals surface area contributed by atoms with E-state index < -0.39 is 35.8 Å². The van der Waals surface area contributed by atoms with Crippen LogP contribution in [-0.2, 0) is 16.1 Å². The van der Waals surface area contributed by atoms with E-state index in [2.05, 4.69) is 5.32 Å². The molecule has 9 nitrogen and oxygen atoms in total. The minimum atomic E-state index is -0.990. The molecule has 2 heterocycles. The molecule has 0 radical (unpaired) electrons. The average Bonchev–Trinajstić information content (AvgIpc) is 2.87. The van der Waals surface area contributed by atoms with Crippen LogP contribution >= 0.6 is 0 Å². The van der Waals surface area contributed by atoms with Crippen LogP contribution in [-0.4, -0.2) is 70.3 Å². The summed E-state index contributed by atoms with van der Waals surface area (Å²) < 4.78 is 0. The van der Waals surface area contributed by atoms with Crippen LogP contribution in [0.25, 0.3) is 0 Å². The van der Waals surface area contributed by atoms with Gasteiger partial charge in [0.05, 0.1) is 17.2 Å². The summed E-state index contributed by atoms with van der Waals surface area (Å²) in [5.41, 5.74) is 6.80. The van der Waals surface area contributed by atoms with Gasteiger partial charge in [-0.3, -0.25) is 34.3 Å². The minimum absolute atomic E-state index is 0.0787. The number of hydrogen-bond acceptors (Lipinski definition) is 7. The number of nitrogens with two attached hydrogens (primary N) is 1. The molecule has 2 unspecified atom stereocenters. The third kappa shape index (κ3) is 3.82. The van der Waals surface area contributed by atoms with E-state index in [0.29, 0.717) is 31.7 Å². The molecule has 9 heteroatoms. The maximum atomic E-state index is 13.1. The largest absolute Gasteiger partial charge is 0.392 e. The van der Waals surface area contributed by atoms with Crippen LogP contribution in [0.1, 0.15) is 46.0 Å². The molecule has 3 rings (SSSR count). The number of nitrogens with one attached hydrogen (secondary N) is 1. The minimum Gasteiger partial charge on any atom is -0.392 e. The van der Waals surface area contributed by atoms with E-state index in [1.807, 2.05) is 4.90 Å². The van der Waals surface area contributed by atoms with Gasteiger partial charge in [-0.2, -0.15) is 0 Å². The zero-order valence-electron chi connectivity index (χ0n) is 15.7. The van der Waals surface area contributed by atoms with Crippen molar-refractivity contribution in [2.24, 2.45) is 5.73 Å². The highest BCUT2D eigenvalue weighted by Gasteiger charge is 2.45. The van der Waals surface area contributed by atoms with Gasteiger partial charge >= 0.3 is 0 Å². The number of piperidine rings is 1. The Hall–Kier alpha value is -2.62. The molecular weight excluding hydrogens is 364 g/mol. The highest BCUT2D eigenvalue weighted by Crippen LogP contribution is 2.30. The quantitative estimate of drug-likeness (QED) is 0.522. The standard InChI is InChI=1S/C19H24N4O5/c1-11(24)9-22(8-7-20)10-12-3-2-4-13-16(12)19(28)23(18(13)27)14-5-6-15(25)21-17(14)26/h2-4,11,14,24H,5-10,20H2,1H3,(H,21,25,26). The summed E-state index contributed by atoms with van der Waals surface area (Å²) in [4.78, 5) is 52.3. The Morgan fingerprint density at radius 2 is 2.04 bits per heavy atom. The van der Waals surface area contributed by atoms with E-state index in [1.165, 1.54) is 0 Å².